The number of rotatable bonds is 2. The first-order valence-corrected chi connectivity index (χ1v) is 7.74. The summed E-state index contributed by atoms with van der Waals surface area (Å²) >= 11 is 0. The fourth-order valence-corrected chi connectivity index (χ4v) is 2.84. The summed E-state index contributed by atoms with van der Waals surface area (Å²) in [6, 6.07) is 9.72. The SMILES string of the molecule is O=P/N=C(/Oc1ccccc1)N1CCC2(CC1)OCCO2. The van der Waals surface area contributed by atoms with Crippen molar-refractivity contribution in [3.05, 3.63) is 30.3 Å². The average Bonchev–Trinajstić information content (AvgIpc) is 2.97. The molecule has 1 aromatic carbocycles. The Kier molecular flexibility index (Phi) is 4.48. The molecule has 7 heteroatoms. The molecule has 2 aliphatic heterocycles. The molecule has 0 amide bonds. The second kappa shape index (κ2) is 6.52. The van der Waals surface area contributed by atoms with Crippen molar-refractivity contribution in [2.75, 3.05) is 26.3 Å². The number of hydrogen-bond donors (Lipinski definition) is 0. The van der Waals surface area contributed by atoms with Gasteiger partial charge in [-0.2, -0.15) is 0 Å². The minimum Gasteiger partial charge on any atom is -0.425 e. The maximum Gasteiger partial charge on any atom is 0.307 e. The van der Waals surface area contributed by atoms with Gasteiger partial charge < -0.3 is 19.1 Å². The number of likely N-dealkylation sites (tertiary alicyclic amines) is 1. The lowest BCUT2D eigenvalue weighted by Gasteiger charge is -2.38. The molecule has 0 unspecified atom stereocenters. The highest BCUT2D eigenvalue weighted by molar-refractivity contribution is 7.22. The Morgan fingerprint density at radius 3 is 2.48 bits per heavy atom. The molecule has 2 fully saturated rings. The van der Waals surface area contributed by atoms with Crippen molar-refractivity contribution >= 4 is 14.6 Å². The van der Waals surface area contributed by atoms with E-state index in [0.717, 1.165) is 12.8 Å². The fourth-order valence-electron chi connectivity index (χ4n) is 2.60. The van der Waals surface area contributed by atoms with Crippen molar-refractivity contribution < 1.29 is 18.8 Å². The van der Waals surface area contributed by atoms with E-state index in [0.29, 0.717) is 38.1 Å². The zero-order chi connectivity index (χ0) is 14.5. The normalized spacial score (nSPS) is 21.9. The Morgan fingerprint density at radius 1 is 1.19 bits per heavy atom. The molecule has 0 atom stereocenters. The Labute approximate surface area is 125 Å². The Hall–Kier alpha value is -1.49. The smallest absolute Gasteiger partial charge is 0.307 e. The zero-order valence-corrected chi connectivity index (χ0v) is 12.5. The molecule has 21 heavy (non-hydrogen) atoms. The number of para-hydroxylation sites is 1. The van der Waals surface area contributed by atoms with Crippen LogP contribution in [0.15, 0.2) is 35.1 Å². The average molecular weight is 308 g/mol. The Balaban J connectivity index is 1.65. The molecule has 0 N–H and O–H groups in total. The van der Waals surface area contributed by atoms with Crippen LogP contribution in [0.4, 0.5) is 0 Å². The van der Waals surface area contributed by atoms with E-state index in [2.05, 4.69) is 4.76 Å². The molecular formula is C14H17N2O4P. The van der Waals surface area contributed by atoms with Gasteiger partial charge in [0.15, 0.2) is 5.79 Å². The highest BCUT2D eigenvalue weighted by Crippen LogP contribution is 2.31. The molecule has 6 nitrogen and oxygen atoms in total. The maximum absolute atomic E-state index is 10.9. The van der Waals surface area contributed by atoms with Crippen LogP contribution >= 0.6 is 8.61 Å². The second-order valence-electron chi connectivity index (χ2n) is 4.97. The van der Waals surface area contributed by atoms with Crippen molar-refractivity contribution in [1.29, 1.82) is 0 Å². The predicted octanol–water partition coefficient (Wildman–Crippen LogP) is 2.47. The number of piperidine rings is 1. The first kappa shape index (κ1) is 14.4. The molecule has 1 spiro atoms. The topological polar surface area (TPSA) is 60.4 Å². The number of hydrogen-bond acceptors (Lipinski definition) is 4. The van der Waals surface area contributed by atoms with Crippen LogP contribution < -0.4 is 4.74 Å². The molecule has 0 aliphatic carbocycles. The minimum absolute atomic E-state index is 0.311. The summed E-state index contributed by atoms with van der Waals surface area (Å²) in [6.45, 7) is 2.70. The minimum atomic E-state index is -0.441. The molecule has 0 saturated carbocycles. The number of benzene rings is 1. The van der Waals surface area contributed by atoms with Gasteiger partial charge in [0.05, 0.1) is 13.2 Å². The lowest BCUT2D eigenvalue weighted by molar-refractivity contribution is -0.181. The van der Waals surface area contributed by atoms with Gasteiger partial charge in [-0.3, -0.25) is 0 Å². The molecule has 0 radical (unpaired) electrons. The van der Waals surface area contributed by atoms with Crippen LogP contribution in [0.25, 0.3) is 0 Å². The van der Waals surface area contributed by atoms with Crippen molar-refractivity contribution in [2.24, 2.45) is 4.76 Å². The van der Waals surface area contributed by atoms with E-state index in [1.807, 2.05) is 35.2 Å². The first-order chi connectivity index (χ1) is 10.3. The van der Waals surface area contributed by atoms with Gasteiger partial charge in [0, 0.05) is 25.9 Å². The summed E-state index contributed by atoms with van der Waals surface area (Å²) in [4.78, 5) is 1.97. The number of nitrogens with zero attached hydrogens (tertiary/aromatic N) is 2. The first-order valence-electron chi connectivity index (χ1n) is 6.97. The van der Waals surface area contributed by atoms with E-state index >= 15 is 0 Å². The third-order valence-corrected chi connectivity index (χ3v) is 3.94. The molecular weight excluding hydrogens is 291 g/mol. The standard InChI is InChI=1S/C14H17N2O4P/c17-21-15-13(20-12-4-2-1-3-5-12)16-8-6-14(7-9-16)18-10-11-19-14/h1-5H,6-11H2/b15-13+. The van der Waals surface area contributed by atoms with Crippen molar-refractivity contribution in [3.8, 4) is 5.75 Å². The van der Waals surface area contributed by atoms with Crippen LogP contribution in [0.1, 0.15) is 12.8 Å². The Morgan fingerprint density at radius 2 is 1.86 bits per heavy atom. The van der Waals surface area contributed by atoms with Crippen LogP contribution in [-0.2, 0) is 14.0 Å². The molecule has 1 aromatic rings. The Bertz CT molecular complexity index is 507. The van der Waals surface area contributed by atoms with Gasteiger partial charge in [-0.15, -0.1) is 4.76 Å². The molecule has 112 valence electrons. The third-order valence-electron chi connectivity index (χ3n) is 3.69. The lowest BCUT2D eigenvalue weighted by Crippen LogP contribution is -2.48. The van der Waals surface area contributed by atoms with E-state index in [9.17, 15) is 4.57 Å². The van der Waals surface area contributed by atoms with E-state index in [1.165, 1.54) is 0 Å². The highest BCUT2D eigenvalue weighted by Gasteiger charge is 2.40. The van der Waals surface area contributed by atoms with Crippen molar-refractivity contribution in [1.82, 2.24) is 4.90 Å². The van der Waals surface area contributed by atoms with E-state index < -0.39 is 5.79 Å². The molecule has 2 saturated heterocycles. The number of ether oxygens (including phenoxy) is 3. The van der Waals surface area contributed by atoms with Gasteiger partial charge in [0.2, 0.25) is 0 Å². The number of amidine groups is 1. The maximum atomic E-state index is 10.9. The largest absolute Gasteiger partial charge is 0.425 e. The molecule has 0 aromatic heterocycles. The second-order valence-corrected chi connectivity index (χ2v) is 5.34. The van der Waals surface area contributed by atoms with Gasteiger partial charge in [-0.25, -0.2) is 4.57 Å². The van der Waals surface area contributed by atoms with E-state index in [4.69, 9.17) is 14.2 Å². The van der Waals surface area contributed by atoms with Gasteiger partial charge >= 0.3 is 14.6 Å². The summed E-state index contributed by atoms with van der Waals surface area (Å²) in [6.07, 6.45) is 1.50. The van der Waals surface area contributed by atoms with Gasteiger partial charge in [0.1, 0.15) is 5.75 Å². The molecule has 2 heterocycles. The van der Waals surface area contributed by atoms with Crippen LogP contribution in [0.2, 0.25) is 0 Å². The summed E-state index contributed by atoms with van der Waals surface area (Å²) in [5, 5.41) is 0. The van der Waals surface area contributed by atoms with Crippen LogP contribution in [-0.4, -0.2) is 43.0 Å². The molecule has 3 rings (SSSR count). The summed E-state index contributed by atoms with van der Waals surface area (Å²) in [5.41, 5.74) is 0. The fraction of sp³-hybridized carbons (Fsp3) is 0.500. The van der Waals surface area contributed by atoms with Crippen LogP contribution in [0.5, 0.6) is 5.75 Å². The summed E-state index contributed by atoms with van der Waals surface area (Å²) in [7, 11) is -0.311. The summed E-state index contributed by atoms with van der Waals surface area (Å²) < 4.78 is 31.9. The monoisotopic (exact) mass is 308 g/mol. The predicted molar refractivity (Wildman–Crippen MR) is 77.6 cm³/mol. The van der Waals surface area contributed by atoms with E-state index in [-0.39, 0.29) is 8.61 Å². The highest BCUT2D eigenvalue weighted by atomic mass is 31.1. The van der Waals surface area contributed by atoms with Gasteiger partial charge in [-0.05, 0) is 12.1 Å². The van der Waals surface area contributed by atoms with Gasteiger partial charge in [0.25, 0.3) is 0 Å². The molecule has 0 bridgehead atoms. The van der Waals surface area contributed by atoms with Crippen molar-refractivity contribution in [3.63, 3.8) is 0 Å². The summed E-state index contributed by atoms with van der Waals surface area (Å²) in [5.74, 6) is 0.234. The third kappa shape index (κ3) is 3.40. The molecule has 2 aliphatic rings. The van der Waals surface area contributed by atoms with Gasteiger partial charge in [-0.1, -0.05) is 18.2 Å². The van der Waals surface area contributed by atoms with Crippen LogP contribution in [0.3, 0.4) is 0 Å². The van der Waals surface area contributed by atoms with E-state index in [1.54, 1.807) is 0 Å². The van der Waals surface area contributed by atoms with Crippen molar-refractivity contribution in [2.45, 2.75) is 18.6 Å². The van der Waals surface area contributed by atoms with Crippen LogP contribution in [0, 0.1) is 0 Å². The lowest BCUT2D eigenvalue weighted by atomic mass is 10.0. The zero-order valence-electron chi connectivity index (χ0n) is 11.6. The quantitative estimate of drug-likeness (QED) is 0.477.